The molecule has 1 aliphatic heterocycles. The molecule has 0 radical (unpaired) electrons. The lowest BCUT2D eigenvalue weighted by atomic mass is 10.1. The minimum Gasteiger partial charge on any atom is -0.361 e. The monoisotopic (exact) mass is 299 g/mol. The zero-order chi connectivity index (χ0) is 14.2. The summed E-state index contributed by atoms with van der Waals surface area (Å²) in [4.78, 5) is 9.68. The van der Waals surface area contributed by atoms with Gasteiger partial charge in [-0.25, -0.2) is 9.97 Å². The number of aryl methyl sites for hydroxylation is 2. The van der Waals surface area contributed by atoms with Crippen LogP contribution in [0.1, 0.15) is 37.2 Å². The molecule has 3 aromatic rings. The van der Waals surface area contributed by atoms with Gasteiger partial charge in [0.2, 0.25) is 0 Å². The predicted octanol–water partition coefficient (Wildman–Crippen LogP) is 3.40. The molecule has 0 amide bonds. The Hall–Kier alpha value is -1.95. The summed E-state index contributed by atoms with van der Waals surface area (Å²) in [5, 5.41) is 11.3. The molecule has 3 aromatic heterocycles. The molecule has 1 unspecified atom stereocenters. The molecule has 108 valence electrons. The van der Waals surface area contributed by atoms with Crippen molar-refractivity contribution < 1.29 is 0 Å². The number of anilines is 1. The van der Waals surface area contributed by atoms with Gasteiger partial charge in [-0.1, -0.05) is 0 Å². The average molecular weight is 299 g/mol. The molecule has 21 heavy (non-hydrogen) atoms. The van der Waals surface area contributed by atoms with Gasteiger partial charge < -0.3 is 5.32 Å². The zero-order valence-electron chi connectivity index (χ0n) is 11.9. The van der Waals surface area contributed by atoms with Crippen molar-refractivity contribution in [1.82, 2.24) is 19.7 Å². The van der Waals surface area contributed by atoms with Crippen molar-refractivity contribution in [2.75, 3.05) is 5.32 Å². The third-order valence-electron chi connectivity index (χ3n) is 3.99. The first kappa shape index (κ1) is 12.8. The van der Waals surface area contributed by atoms with Gasteiger partial charge in [-0.2, -0.15) is 5.10 Å². The maximum atomic E-state index is 4.73. The Morgan fingerprint density at radius 1 is 1.33 bits per heavy atom. The molecule has 5 nitrogen and oxygen atoms in total. The van der Waals surface area contributed by atoms with Gasteiger partial charge in [0.25, 0.3) is 0 Å². The second kappa shape index (κ2) is 5.11. The summed E-state index contributed by atoms with van der Waals surface area (Å²) in [5.74, 6) is 0.889. The summed E-state index contributed by atoms with van der Waals surface area (Å²) in [6.07, 6.45) is 5.26. The van der Waals surface area contributed by atoms with Crippen LogP contribution in [-0.4, -0.2) is 19.7 Å². The van der Waals surface area contributed by atoms with Crippen molar-refractivity contribution in [1.29, 1.82) is 0 Å². The van der Waals surface area contributed by atoms with Gasteiger partial charge in [-0.05, 0) is 43.7 Å². The third kappa shape index (κ3) is 2.29. The maximum absolute atomic E-state index is 4.73. The Bertz CT molecular complexity index is 752. The van der Waals surface area contributed by atoms with Crippen molar-refractivity contribution in [3.05, 3.63) is 35.2 Å². The van der Waals surface area contributed by atoms with Crippen LogP contribution in [0.15, 0.2) is 23.8 Å². The number of thiophene rings is 1. The molecule has 0 fully saturated rings. The molecule has 0 saturated carbocycles. The van der Waals surface area contributed by atoms with E-state index in [1.165, 1.54) is 18.5 Å². The number of hydrogen-bond donors (Lipinski definition) is 1. The molecule has 1 atom stereocenters. The second-order valence-corrected chi connectivity index (χ2v) is 6.36. The highest BCUT2D eigenvalue weighted by Crippen LogP contribution is 2.27. The van der Waals surface area contributed by atoms with Gasteiger partial charge in [0.05, 0.1) is 17.1 Å². The lowest BCUT2D eigenvalue weighted by Crippen LogP contribution is -2.12. The van der Waals surface area contributed by atoms with Gasteiger partial charge in [0.1, 0.15) is 17.0 Å². The van der Waals surface area contributed by atoms with Crippen LogP contribution in [0.5, 0.6) is 0 Å². The summed E-state index contributed by atoms with van der Waals surface area (Å²) in [6.45, 7) is 3.18. The Morgan fingerprint density at radius 2 is 2.29 bits per heavy atom. The fraction of sp³-hybridized carbons (Fsp3) is 0.400. The first-order chi connectivity index (χ1) is 10.3. The van der Waals surface area contributed by atoms with Crippen molar-refractivity contribution >= 4 is 27.4 Å². The van der Waals surface area contributed by atoms with Crippen LogP contribution in [0.4, 0.5) is 5.82 Å². The van der Waals surface area contributed by atoms with E-state index in [1.54, 1.807) is 17.7 Å². The van der Waals surface area contributed by atoms with Crippen LogP contribution in [0.2, 0.25) is 0 Å². The fourth-order valence-electron chi connectivity index (χ4n) is 2.84. The first-order valence-corrected chi connectivity index (χ1v) is 8.20. The second-order valence-electron chi connectivity index (χ2n) is 5.47. The summed E-state index contributed by atoms with van der Waals surface area (Å²) >= 11 is 1.64. The quantitative estimate of drug-likeness (QED) is 0.805. The highest BCUT2D eigenvalue weighted by atomic mass is 32.1. The standard InChI is InChI=1S/C15H17N5S/c1-10(13-8-11-4-2-3-6-20(11)19-13)18-14-12-5-7-21-15(12)17-9-16-14/h5,7-10H,2-4,6H2,1H3,(H,16,17,18). The molecule has 0 aromatic carbocycles. The molecule has 0 bridgehead atoms. The maximum Gasteiger partial charge on any atom is 0.138 e. The molecule has 0 aliphatic carbocycles. The summed E-state index contributed by atoms with van der Waals surface area (Å²) in [5.41, 5.74) is 2.45. The van der Waals surface area contributed by atoms with E-state index >= 15 is 0 Å². The van der Waals surface area contributed by atoms with Gasteiger partial charge in [0, 0.05) is 12.2 Å². The van der Waals surface area contributed by atoms with Crippen molar-refractivity contribution in [3.63, 3.8) is 0 Å². The SMILES string of the molecule is CC(Nc1ncnc2sccc12)c1cc2n(n1)CCCC2. The Labute approximate surface area is 127 Å². The van der Waals surface area contributed by atoms with Crippen LogP contribution in [0.3, 0.4) is 0 Å². The minimum atomic E-state index is 0.140. The first-order valence-electron chi connectivity index (χ1n) is 7.32. The molecular weight excluding hydrogens is 282 g/mol. The number of hydrogen-bond acceptors (Lipinski definition) is 5. The molecule has 4 heterocycles. The van der Waals surface area contributed by atoms with E-state index in [0.29, 0.717) is 0 Å². The van der Waals surface area contributed by atoms with E-state index in [1.807, 2.05) is 5.38 Å². The highest BCUT2D eigenvalue weighted by molar-refractivity contribution is 7.16. The van der Waals surface area contributed by atoms with Crippen LogP contribution >= 0.6 is 11.3 Å². The van der Waals surface area contributed by atoms with Gasteiger partial charge >= 0.3 is 0 Å². The number of fused-ring (bicyclic) bond motifs is 2. The molecule has 1 aliphatic rings. The zero-order valence-corrected chi connectivity index (χ0v) is 12.7. The molecule has 4 rings (SSSR count). The topological polar surface area (TPSA) is 55.6 Å². The summed E-state index contributed by atoms with van der Waals surface area (Å²) in [6, 6.07) is 4.43. The van der Waals surface area contributed by atoms with Gasteiger partial charge in [-0.15, -0.1) is 11.3 Å². The summed E-state index contributed by atoms with van der Waals surface area (Å²) < 4.78 is 2.15. The number of rotatable bonds is 3. The van der Waals surface area contributed by atoms with E-state index in [9.17, 15) is 0 Å². The van der Waals surface area contributed by atoms with Gasteiger partial charge in [0.15, 0.2) is 0 Å². The lowest BCUT2D eigenvalue weighted by molar-refractivity contribution is 0.482. The van der Waals surface area contributed by atoms with Gasteiger partial charge in [-0.3, -0.25) is 4.68 Å². The van der Waals surface area contributed by atoms with Crippen LogP contribution in [-0.2, 0) is 13.0 Å². The summed E-state index contributed by atoms with van der Waals surface area (Å²) in [7, 11) is 0. The molecule has 6 heteroatoms. The number of nitrogens with one attached hydrogen (secondary N) is 1. The predicted molar refractivity (Wildman–Crippen MR) is 84.6 cm³/mol. The average Bonchev–Trinajstić information content (AvgIpc) is 3.14. The Morgan fingerprint density at radius 3 is 3.19 bits per heavy atom. The normalized spacial score (nSPS) is 15.9. The molecular formula is C15H17N5S. The lowest BCUT2D eigenvalue weighted by Gasteiger charge is -2.13. The largest absolute Gasteiger partial charge is 0.361 e. The smallest absolute Gasteiger partial charge is 0.138 e. The third-order valence-corrected chi connectivity index (χ3v) is 4.81. The van der Waals surface area contributed by atoms with E-state index in [-0.39, 0.29) is 6.04 Å². The van der Waals surface area contributed by atoms with Crippen molar-refractivity contribution in [2.24, 2.45) is 0 Å². The van der Waals surface area contributed by atoms with E-state index < -0.39 is 0 Å². The van der Waals surface area contributed by atoms with E-state index in [4.69, 9.17) is 5.10 Å². The Kier molecular flexibility index (Phi) is 3.11. The molecule has 1 N–H and O–H groups in total. The van der Waals surface area contributed by atoms with Crippen LogP contribution < -0.4 is 5.32 Å². The Balaban J connectivity index is 1.61. The minimum absolute atomic E-state index is 0.140. The van der Waals surface area contributed by atoms with Crippen molar-refractivity contribution in [2.45, 2.75) is 38.8 Å². The molecule has 0 spiro atoms. The molecule has 0 saturated heterocycles. The van der Waals surface area contributed by atoms with Crippen LogP contribution in [0.25, 0.3) is 10.2 Å². The number of nitrogens with zero attached hydrogens (tertiary/aromatic N) is 4. The number of aromatic nitrogens is 4. The highest BCUT2D eigenvalue weighted by Gasteiger charge is 2.17. The van der Waals surface area contributed by atoms with Crippen LogP contribution in [0, 0.1) is 0 Å². The fourth-order valence-corrected chi connectivity index (χ4v) is 3.57. The van der Waals surface area contributed by atoms with E-state index in [2.05, 4.69) is 39.0 Å². The van der Waals surface area contributed by atoms with E-state index in [0.717, 1.165) is 34.7 Å². The van der Waals surface area contributed by atoms with Crippen molar-refractivity contribution in [3.8, 4) is 0 Å².